The maximum Gasteiger partial charge on any atom is 0.0117 e. The smallest absolute Gasteiger partial charge is 0.0117 e. The van der Waals surface area contributed by atoms with Crippen molar-refractivity contribution in [3.8, 4) is 0 Å². The first-order valence-corrected chi connectivity index (χ1v) is 7.80. The maximum atomic E-state index is 2.40. The van der Waals surface area contributed by atoms with Gasteiger partial charge in [0.25, 0.3) is 0 Å². The van der Waals surface area contributed by atoms with Crippen LogP contribution in [0.3, 0.4) is 0 Å². The van der Waals surface area contributed by atoms with E-state index in [0.717, 1.165) is 6.42 Å². The first-order chi connectivity index (χ1) is 9.94. The minimum Gasteiger partial charge on any atom is -0.0725 e. The molecule has 0 saturated heterocycles. The summed E-state index contributed by atoms with van der Waals surface area (Å²) in [4.78, 5) is 0. The largest absolute Gasteiger partial charge is 0.0725 e. The van der Waals surface area contributed by atoms with E-state index in [4.69, 9.17) is 0 Å². The Labute approximate surface area is 128 Å². The quantitative estimate of drug-likeness (QED) is 0.613. The third-order valence-corrected chi connectivity index (χ3v) is 5.35. The molecule has 0 aromatic heterocycles. The molecule has 0 radical (unpaired) electrons. The zero-order valence-corrected chi connectivity index (χ0v) is 13.7. The van der Waals surface area contributed by atoms with Crippen molar-refractivity contribution >= 4 is 5.57 Å². The molecule has 1 aromatic rings. The van der Waals surface area contributed by atoms with Gasteiger partial charge in [-0.05, 0) is 60.6 Å². The summed E-state index contributed by atoms with van der Waals surface area (Å²) in [6, 6.07) is 10.8. The molecule has 0 atom stereocenters. The molecule has 0 saturated carbocycles. The normalized spacial score (nSPS) is 21.0. The van der Waals surface area contributed by atoms with Crippen LogP contribution >= 0.6 is 0 Å². The molecule has 0 fully saturated rings. The first-order valence-electron chi connectivity index (χ1n) is 7.80. The molecule has 0 heterocycles. The summed E-state index contributed by atoms with van der Waals surface area (Å²) in [7, 11) is 0. The number of hydrogen-bond acceptors (Lipinski definition) is 0. The van der Waals surface area contributed by atoms with Crippen LogP contribution in [0.15, 0.2) is 70.3 Å². The number of benzene rings is 1. The summed E-state index contributed by atoms with van der Waals surface area (Å²) in [5.74, 6) is 0. The minimum atomic E-state index is 0.137. The van der Waals surface area contributed by atoms with Crippen LogP contribution in [0.5, 0.6) is 0 Å². The van der Waals surface area contributed by atoms with Crippen LogP contribution in [-0.2, 0) is 0 Å². The van der Waals surface area contributed by atoms with E-state index >= 15 is 0 Å². The van der Waals surface area contributed by atoms with Crippen molar-refractivity contribution in [1.82, 2.24) is 0 Å². The van der Waals surface area contributed by atoms with Crippen LogP contribution in [0, 0.1) is 5.41 Å². The third-order valence-electron chi connectivity index (χ3n) is 5.35. The molecule has 1 aromatic carbocycles. The van der Waals surface area contributed by atoms with E-state index < -0.39 is 0 Å². The van der Waals surface area contributed by atoms with E-state index in [1.807, 2.05) is 0 Å². The number of allylic oxidation sites excluding steroid dienone is 8. The lowest BCUT2D eigenvalue weighted by atomic mass is 9.75. The van der Waals surface area contributed by atoms with Gasteiger partial charge in [-0.2, -0.15) is 0 Å². The van der Waals surface area contributed by atoms with Crippen LogP contribution in [0.2, 0.25) is 0 Å². The molecule has 0 spiro atoms. The lowest BCUT2D eigenvalue weighted by Gasteiger charge is -2.28. The Balaban J connectivity index is 2.09. The van der Waals surface area contributed by atoms with Gasteiger partial charge in [0.2, 0.25) is 0 Å². The van der Waals surface area contributed by atoms with Gasteiger partial charge in [-0.15, -0.1) is 0 Å². The maximum absolute atomic E-state index is 2.40. The van der Waals surface area contributed by atoms with E-state index in [1.54, 1.807) is 0 Å². The van der Waals surface area contributed by atoms with E-state index in [9.17, 15) is 0 Å². The lowest BCUT2D eigenvalue weighted by molar-refractivity contribution is 0.557. The molecule has 0 amide bonds. The average Bonchev–Trinajstić information content (AvgIpc) is 2.99. The summed E-state index contributed by atoms with van der Waals surface area (Å²) in [6.45, 7) is 11.6. The second kappa shape index (κ2) is 4.87. The molecule has 0 nitrogen and oxygen atoms in total. The summed E-state index contributed by atoms with van der Waals surface area (Å²) >= 11 is 0. The lowest BCUT2D eigenvalue weighted by Crippen LogP contribution is -2.15. The summed E-state index contributed by atoms with van der Waals surface area (Å²) in [5.41, 5.74) is 10.3. The fourth-order valence-electron chi connectivity index (χ4n) is 3.77. The summed E-state index contributed by atoms with van der Waals surface area (Å²) in [6.07, 6.45) is 5.81. The molecule has 21 heavy (non-hydrogen) atoms. The molecule has 0 unspecified atom stereocenters. The topological polar surface area (TPSA) is 0 Å². The second-order valence-corrected chi connectivity index (χ2v) is 6.71. The molecule has 0 aliphatic heterocycles. The minimum absolute atomic E-state index is 0.137. The molecule has 2 aliphatic carbocycles. The SMILES string of the molecule is CC1=C(C)C(C)(C)C(C2=CCC=C2c2ccccc2)=C1C. The van der Waals surface area contributed by atoms with Gasteiger partial charge in [-0.3, -0.25) is 0 Å². The monoisotopic (exact) mass is 276 g/mol. The zero-order valence-electron chi connectivity index (χ0n) is 13.7. The predicted molar refractivity (Wildman–Crippen MR) is 92.0 cm³/mol. The fraction of sp³-hybridized carbons (Fsp3) is 0.333. The molecule has 0 heteroatoms. The predicted octanol–water partition coefficient (Wildman–Crippen LogP) is 6.09. The highest BCUT2D eigenvalue weighted by Gasteiger charge is 2.37. The van der Waals surface area contributed by atoms with Crippen molar-refractivity contribution in [2.24, 2.45) is 5.41 Å². The van der Waals surface area contributed by atoms with E-state index in [1.165, 1.54) is 39.0 Å². The van der Waals surface area contributed by atoms with Crippen LogP contribution in [0.25, 0.3) is 5.57 Å². The van der Waals surface area contributed by atoms with Crippen molar-refractivity contribution in [2.45, 2.75) is 41.0 Å². The highest BCUT2D eigenvalue weighted by atomic mass is 14.4. The Morgan fingerprint density at radius 2 is 1.43 bits per heavy atom. The van der Waals surface area contributed by atoms with Gasteiger partial charge in [-0.1, -0.05) is 61.9 Å². The number of hydrogen-bond donors (Lipinski definition) is 0. The Morgan fingerprint density at radius 1 is 0.810 bits per heavy atom. The molecule has 0 N–H and O–H groups in total. The van der Waals surface area contributed by atoms with E-state index in [2.05, 4.69) is 77.1 Å². The van der Waals surface area contributed by atoms with Gasteiger partial charge < -0.3 is 0 Å². The summed E-state index contributed by atoms with van der Waals surface area (Å²) < 4.78 is 0. The molecule has 108 valence electrons. The Bertz CT molecular complexity index is 704. The Kier molecular flexibility index (Phi) is 3.28. The highest BCUT2D eigenvalue weighted by Crippen LogP contribution is 2.52. The van der Waals surface area contributed by atoms with Crippen molar-refractivity contribution in [2.75, 3.05) is 0 Å². The fourth-order valence-corrected chi connectivity index (χ4v) is 3.77. The van der Waals surface area contributed by atoms with Crippen molar-refractivity contribution in [1.29, 1.82) is 0 Å². The average molecular weight is 276 g/mol. The zero-order chi connectivity index (χ0) is 15.2. The molecule has 0 bridgehead atoms. The van der Waals surface area contributed by atoms with Crippen LogP contribution in [-0.4, -0.2) is 0 Å². The van der Waals surface area contributed by atoms with E-state index in [0.29, 0.717) is 0 Å². The van der Waals surface area contributed by atoms with Gasteiger partial charge >= 0.3 is 0 Å². The van der Waals surface area contributed by atoms with Crippen LogP contribution < -0.4 is 0 Å². The van der Waals surface area contributed by atoms with Gasteiger partial charge in [0.15, 0.2) is 0 Å². The van der Waals surface area contributed by atoms with Gasteiger partial charge in [0.05, 0.1) is 0 Å². The van der Waals surface area contributed by atoms with Crippen molar-refractivity contribution < 1.29 is 0 Å². The van der Waals surface area contributed by atoms with Gasteiger partial charge in [-0.25, -0.2) is 0 Å². The number of rotatable bonds is 2. The highest BCUT2D eigenvalue weighted by molar-refractivity contribution is 5.88. The first kappa shape index (κ1) is 14.1. The molecule has 3 rings (SSSR count). The molecular weight excluding hydrogens is 252 g/mol. The van der Waals surface area contributed by atoms with Crippen molar-refractivity contribution in [3.63, 3.8) is 0 Å². The third kappa shape index (κ3) is 2.05. The second-order valence-electron chi connectivity index (χ2n) is 6.71. The van der Waals surface area contributed by atoms with Crippen LogP contribution in [0.1, 0.15) is 46.6 Å². The van der Waals surface area contributed by atoms with Gasteiger partial charge in [0, 0.05) is 5.41 Å². The van der Waals surface area contributed by atoms with E-state index in [-0.39, 0.29) is 5.41 Å². The van der Waals surface area contributed by atoms with Gasteiger partial charge in [0.1, 0.15) is 0 Å². The Morgan fingerprint density at radius 3 is 2.00 bits per heavy atom. The summed E-state index contributed by atoms with van der Waals surface area (Å²) in [5, 5.41) is 0. The molecule has 2 aliphatic rings. The van der Waals surface area contributed by atoms with Crippen molar-refractivity contribution in [3.05, 3.63) is 75.9 Å². The Hall–Kier alpha value is -1.82. The van der Waals surface area contributed by atoms with Crippen LogP contribution in [0.4, 0.5) is 0 Å². The standard InChI is InChI=1S/C21H24/c1-14-15(2)20(21(4,5)16(14)3)19-13-9-12-18(19)17-10-7-6-8-11-17/h6-8,10-13H,9H2,1-5H3. The molecular formula is C21H24.